The second-order valence-electron chi connectivity index (χ2n) is 6.76. The van der Waals surface area contributed by atoms with E-state index in [2.05, 4.69) is 46.0 Å². The topological polar surface area (TPSA) is 51.1 Å². The molecule has 5 rings (SSSR count). The Hall–Kier alpha value is -1.84. The minimum absolute atomic E-state index is 0.765. The van der Waals surface area contributed by atoms with Gasteiger partial charge in [-0.2, -0.15) is 0 Å². The summed E-state index contributed by atoms with van der Waals surface area (Å²) in [5.41, 5.74) is 2.10. The van der Waals surface area contributed by atoms with Gasteiger partial charge in [-0.15, -0.1) is 22.7 Å². The Kier molecular flexibility index (Phi) is 5.87. The van der Waals surface area contributed by atoms with Gasteiger partial charge in [0, 0.05) is 29.6 Å². The molecule has 148 valence electrons. The summed E-state index contributed by atoms with van der Waals surface area (Å²) < 4.78 is 5.46. The highest BCUT2D eigenvalue weighted by atomic mass is 32.2. The number of hydrogen-bond acceptors (Lipinski definition) is 8. The minimum Gasteiger partial charge on any atom is -0.379 e. The highest BCUT2D eigenvalue weighted by molar-refractivity contribution is 7.98. The van der Waals surface area contributed by atoms with Crippen LogP contribution in [0.5, 0.6) is 0 Å². The standard InChI is InChI=1S/C21H20N4OS3/c1-2-5-17-16(4-1)20(24-19(23-17)12-25-7-9-26-10-8-25)28-13-15-14-29-21(22-15)18-6-3-11-27-18/h1-6,11,14H,7-10,12-13H2. The molecule has 0 amide bonds. The molecule has 29 heavy (non-hydrogen) atoms. The fourth-order valence-corrected chi connectivity index (χ4v) is 5.93. The van der Waals surface area contributed by atoms with Gasteiger partial charge in [0.2, 0.25) is 0 Å². The van der Waals surface area contributed by atoms with Gasteiger partial charge < -0.3 is 4.74 Å². The zero-order valence-electron chi connectivity index (χ0n) is 15.8. The van der Waals surface area contributed by atoms with Crippen molar-refractivity contribution in [2.24, 2.45) is 0 Å². The Balaban J connectivity index is 1.36. The van der Waals surface area contributed by atoms with Crippen LogP contribution in [-0.2, 0) is 17.0 Å². The predicted molar refractivity (Wildman–Crippen MR) is 121 cm³/mol. The summed E-state index contributed by atoms with van der Waals surface area (Å²) in [6.07, 6.45) is 0. The number of thiazole rings is 1. The van der Waals surface area contributed by atoms with Crippen molar-refractivity contribution in [1.82, 2.24) is 19.9 Å². The van der Waals surface area contributed by atoms with E-state index in [0.29, 0.717) is 0 Å². The van der Waals surface area contributed by atoms with E-state index in [-0.39, 0.29) is 0 Å². The van der Waals surface area contributed by atoms with Crippen molar-refractivity contribution in [2.45, 2.75) is 17.3 Å². The Bertz CT molecular complexity index is 1090. The van der Waals surface area contributed by atoms with Crippen LogP contribution in [0.15, 0.2) is 52.2 Å². The van der Waals surface area contributed by atoms with Crippen LogP contribution in [-0.4, -0.2) is 46.2 Å². The van der Waals surface area contributed by atoms with E-state index >= 15 is 0 Å². The van der Waals surface area contributed by atoms with Gasteiger partial charge in [-0.1, -0.05) is 36.0 Å². The van der Waals surface area contributed by atoms with Crippen LogP contribution in [0.3, 0.4) is 0 Å². The SMILES string of the molecule is c1csc(-c2nc(CSc3nc(CN4CCOCC4)nc4ccccc34)cs2)c1. The third-order valence-electron chi connectivity index (χ3n) is 4.72. The van der Waals surface area contributed by atoms with Crippen LogP contribution >= 0.6 is 34.4 Å². The largest absolute Gasteiger partial charge is 0.379 e. The first-order valence-electron chi connectivity index (χ1n) is 9.52. The summed E-state index contributed by atoms with van der Waals surface area (Å²) in [7, 11) is 0. The van der Waals surface area contributed by atoms with Crippen LogP contribution in [0.2, 0.25) is 0 Å². The van der Waals surface area contributed by atoms with Crippen molar-refractivity contribution < 1.29 is 4.74 Å². The van der Waals surface area contributed by atoms with Crippen molar-refractivity contribution in [3.8, 4) is 9.88 Å². The normalized spacial score (nSPS) is 15.2. The van der Waals surface area contributed by atoms with Crippen LogP contribution in [0, 0.1) is 0 Å². The molecule has 1 fully saturated rings. The Labute approximate surface area is 181 Å². The fraction of sp³-hybridized carbons (Fsp3) is 0.286. The molecular formula is C21H20N4OS3. The molecule has 0 radical (unpaired) electrons. The Morgan fingerprint density at radius 3 is 2.76 bits per heavy atom. The molecule has 0 spiro atoms. The summed E-state index contributed by atoms with van der Waals surface area (Å²) >= 11 is 5.18. The molecule has 8 heteroatoms. The third kappa shape index (κ3) is 4.51. The molecule has 1 aromatic carbocycles. The number of benzene rings is 1. The fourth-order valence-electron chi connectivity index (χ4n) is 3.26. The zero-order chi connectivity index (χ0) is 19.5. The first kappa shape index (κ1) is 19.1. The number of ether oxygens (including phenoxy) is 1. The number of fused-ring (bicyclic) bond motifs is 1. The van der Waals surface area contributed by atoms with Crippen molar-refractivity contribution >= 4 is 45.3 Å². The van der Waals surface area contributed by atoms with Crippen LogP contribution < -0.4 is 0 Å². The van der Waals surface area contributed by atoms with Crippen molar-refractivity contribution in [2.75, 3.05) is 26.3 Å². The van der Waals surface area contributed by atoms with E-state index in [1.807, 2.05) is 6.07 Å². The number of rotatable bonds is 6. The summed E-state index contributed by atoms with van der Waals surface area (Å²) in [5.74, 6) is 1.69. The monoisotopic (exact) mass is 440 g/mol. The number of aromatic nitrogens is 3. The lowest BCUT2D eigenvalue weighted by atomic mass is 10.2. The first-order chi connectivity index (χ1) is 14.3. The summed E-state index contributed by atoms with van der Waals surface area (Å²) in [4.78, 5) is 18.1. The van der Waals surface area contributed by atoms with Gasteiger partial charge in [-0.3, -0.25) is 4.90 Å². The molecule has 0 aliphatic carbocycles. The van der Waals surface area contributed by atoms with Gasteiger partial charge in [0.15, 0.2) is 0 Å². The smallest absolute Gasteiger partial charge is 0.144 e. The van der Waals surface area contributed by atoms with Gasteiger partial charge in [0.05, 0.1) is 35.8 Å². The molecule has 0 bridgehead atoms. The molecule has 0 N–H and O–H groups in total. The Morgan fingerprint density at radius 2 is 1.90 bits per heavy atom. The predicted octanol–water partition coefficient (Wildman–Crippen LogP) is 4.94. The van der Waals surface area contributed by atoms with Gasteiger partial charge in [-0.25, -0.2) is 15.0 Å². The lowest BCUT2D eigenvalue weighted by Crippen LogP contribution is -2.36. The van der Waals surface area contributed by atoms with E-state index in [1.54, 1.807) is 34.4 Å². The molecular weight excluding hydrogens is 420 g/mol. The number of morpholine rings is 1. The molecule has 0 unspecified atom stereocenters. The maximum Gasteiger partial charge on any atom is 0.144 e. The molecule has 1 aliphatic heterocycles. The average molecular weight is 441 g/mol. The minimum atomic E-state index is 0.765. The van der Waals surface area contributed by atoms with Crippen molar-refractivity contribution in [1.29, 1.82) is 0 Å². The number of para-hydroxylation sites is 1. The van der Waals surface area contributed by atoms with Crippen molar-refractivity contribution in [3.63, 3.8) is 0 Å². The number of thiophene rings is 1. The zero-order valence-corrected chi connectivity index (χ0v) is 18.2. The number of nitrogens with zero attached hydrogens (tertiary/aromatic N) is 4. The van der Waals surface area contributed by atoms with Crippen LogP contribution in [0.4, 0.5) is 0 Å². The number of thioether (sulfide) groups is 1. The first-order valence-corrected chi connectivity index (χ1v) is 12.3. The van der Waals surface area contributed by atoms with Crippen LogP contribution in [0.1, 0.15) is 11.5 Å². The van der Waals surface area contributed by atoms with E-state index in [4.69, 9.17) is 19.7 Å². The van der Waals surface area contributed by atoms with Gasteiger partial charge in [0.25, 0.3) is 0 Å². The lowest BCUT2D eigenvalue weighted by Gasteiger charge is -2.25. The molecule has 4 heterocycles. The molecule has 0 atom stereocenters. The number of hydrogen-bond donors (Lipinski definition) is 0. The molecule has 1 saturated heterocycles. The van der Waals surface area contributed by atoms with E-state index < -0.39 is 0 Å². The second-order valence-corrected chi connectivity index (χ2v) is 9.53. The van der Waals surface area contributed by atoms with E-state index in [9.17, 15) is 0 Å². The quantitative estimate of drug-likeness (QED) is 0.313. The third-order valence-corrected chi connectivity index (χ3v) is 7.68. The highest BCUT2D eigenvalue weighted by Gasteiger charge is 2.15. The highest BCUT2D eigenvalue weighted by Crippen LogP contribution is 2.32. The van der Waals surface area contributed by atoms with Gasteiger partial charge >= 0.3 is 0 Å². The summed E-state index contributed by atoms with van der Waals surface area (Å²) in [6.45, 7) is 4.20. The van der Waals surface area contributed by atoms with E-state index in [1.165, 1.54) is 4.88 Å². The lowest BCUT2D eigenvalue weighted by molar-refractivity contribution is 0.0330. The second kappa shape index (κ2) is 8.89. The summed E-state index contributed by atoms with van der Waals surface area (Å²) in [5, 5.41) is 7.48. The summed E-state index contributed by atoms with van der Waals surface area (Å²) in [6, 6.07) is 12.5. The van der Waals surface area contributed by atoms with Gasteiger partial charge in [-0.05, 0) is 17.5 Å². The maximum atomic E-state index is 5.46. The average Bonchev–Trinajstić information content (AvgIpc) is 3.45. The van der Waals surface area contributed by atoms with Gasteiger partial charge in [0.1, 0.15) is 15.9 Å². The molecule has 1 aliphatic rings. The molecule has 5 nitrogen and oxygen atoms in total. The van der Waals surface area contributed by atoms with Crippen molar-refractivity contribution in [3.05, 3.63) is 58.7 Å². The molecule has 4 aromatic rings. The Morgan fingerprint density at radius 1 is 1.00 bits per heavy atom. The molecule has 3 aromatic heterocycles. The molecule has 0 saturated carbocycles. The van der Waals surface area contributed by atoms with E-state index in [0.717, 1.165) is 71.1 Å². The van der Waals surface area contributed by atoms with Crippen LogP contribution in [0.25, 0.3) is 20.8 Å². The maximum absolute atomic E-state index is 5.46.